The van der Waals surface area contributed by atoms with Gasteiger partial charge in [-0.25, -0.2) is 4.79 Å². The smallest absolute Gasteiger partial charge is 0.410 e. The summed E-state index contributed by atoms with van der Waals surface area (Å²) >= 11 is 0. The Bertz CT molecular complexity index is 660. The van der Waals surface area contributed by atoms with E-state index >= 15 is 0 Å². The number of benzene rings is 1. The first-order chi connectivity index (χ1) is 13.5. The molecule has 1 aromatic carbocycles. The number of carbonyl (C=O) groups excluding carboxylic acids is 2. The first-order valence-electron chi connectivity index (χ1n) is 10.5. The highest BCUT2D eigenvalue weighted by Gasteiger charge is 2.37. The van der Waals surface area contributed by atoms with Gasteiger partial charge < -0.3 is 20.3 Å². The summed E-state index contributed by atoms with van der Waals surface area (Å²) in [5.41, 5.74) is 7.05. The molecule has 2 aliphatic rings. The van der Waals surface area contributed by atoms with Crippen molar-refractivity contribution in [2.45, 2.75) is 58.2 Å². The van der Waals surface area contributed by atoms with E-state index < -0.39 is 6.04 Å². The maximum absolute atomic E-state index is 12.7. The molecule has 1 aliphatic heterocycles. The lowest BCUT2D eigenvalue weighted by Crippen LogP contribution is -2.51. The molecule has 1 aliphatic carbocycles. The third-order valence-corrected chi connectivity index (χ3v) is 5.72. The molecule has 6 heteroatoms. The van der Waals surface area contributed by atoms with Gasteiger partial charge >= 0.3 is 6.09 Å². The van der Waals surface area contributed by atoms with Crippen molar-refractivity contribution in [3.8, 4) is 0 Å². The van der Waals surface area contributed by atoms with Crippen LogP contribution in [0.15, 0.2) is 30.3 Å². The molecule has 1 saturated carbocycles. The van der Waals surface area contributed by atoms with Gasteiger partial charge in [0.05, 0.1) is 6.04 Å². The van der Waals surface area contributed by atoms with E-state index in [1.165, 1.54) is 0 Å². The highest BCUT2D eigenvalue weighted by Crippen LogP contribution is 2.30. The lowest BCUT2D eigenvalue weighted by Gasteiger charge is -2.37. The molecule has 2 amide bonds. The van der Waals surface area contributed by atoms with Crippen LogP contribution >= 0.6 is 0 Å². The molecule has 0 aromatic heterocycles. The summed E-state index contributed by atoms with van der Waals surface area (Å²) in [7, 11) is 0. The molecule has 1 aromatic rings. The number of nitrogens with two attached hydrogens (primary N) is 1. The Hall–Kier alpha value is -2.08. The Kier molecular flexibility index (Phi) is 6.94. The van der Waals surface area contributed by atoms with Crippen LogP contribution < -0.4 is 5.73 Å². The topological polar surface area (TPSA) is 75.9 Å². The minimum Gasteiger partial charge on any atom is -0.445 e. The molecule has 3 rings (SSSR count). The first-order valence-corrected chi connectivity index (χ1v) is 10.5. The van der Waals surface area contributed by atoms with Crippen molar-refractivity contribution < 1.29 is 14.3 Å². The minimum absolute atomic E-state index is 0.0318. The van der Waals surface area contributed by atoms with Gasteiger partial charge in [-0.1, -0.05) is 44.2 Å². The molecule has 2 fully saturated rings. The Balaban J connectivity index is 1.55. The fraction of sp³-hybridized carbons (Fsp3) is 0.636. The van der Waals surface area contributed by atoms with E-state index in [0.29, 0.717) is 19.7 Å². The van der Waals surface area contributed by atoms with E-state index in [2.05, 4.69) is 0 Å². The van der Waals surface area contributed by atoms with Crippen LogP contribution in [0.1, 0.15) is 45.1 Å². The van der Waals surface area contributed by atoms with Crippen molar-refractivity contribution in [3.63, 3.8) is 0 Å². The molecule has 1 saturated heterocycles. The molecule has 0 radical (unpaired) electrons. The summed E-state index contributed by atoms with van der Waals surface area (Å²) in [6.07, 6.45) is 3.81. The van der Waals surface area contributed by atoms with E-state index in [-0.39, 0.29) is 29.9 Å². The van der Waals surface area contributed by atoms with Crippen LogP contribution in [0.25, 0.3) is 0 Å². The molecule has 2 atom stereocenters. The van der Waals surface area contributed by atoms with Crippen molar-refractivity contribution in [3.05, 3.63) is 35.9 Å². The summed E-state index contributed by atoms with van der Waals surface area (Å²) in [4.78, 5) is 29.1. The maximum atomic E-state index is 12.7. The van der Waals surface area contributed by atoms with Crippen molar-refractivity contribution in [2.24, 2.45) is 17.6 Å². The Morgan fingerprint density at radius 2 is 1.93 bits per heavy atom. The maximum Gasteiger partial charge on any atom is 0.410 e. The summed E-state index contributed by atoms with van der Waals surface area (Å²) in [5.74, 6) is 0.440. The van der Waals surface area contributed by atoms with Gasteiger partial charge in [-0.15, -0.1) is 0 Å². The van der Waals surface area contributed by atoms with Gasteiger partial charge in [-0.2, -0.15) is 0 Å². The Labute approximate surface area is 168 Å². The van der Waals surface area contributed by atoms with Crippen molar-refractivity contribution in [1.29, 1.82) is 0 Å². The number of hydrogen-bond acceptors (Lipinski definition) is 4. The van der Waals surface area contributed by atoms with Gasteiger partial charge in [0.1, 0.15) is 6.61 Å². The van der Waals surface area contributed by atoms with E-state index in [4.69, 9.17) is 10.5 Å². The first kappa shape index (κ1) is 20.6. The van der Waals surface area contributed by atoms with Crippen LogP contribution in [-0.2, 0) is 16.1 Å². The second kappa shape index (κ2) is 9.41. The zero-order chi connectivity index (χ0) is 20.1. The lowest BCUT2D eigenvalue weighted by molar-refractivity contribution is -0.135. The number of hydrogen-bond donors (Lipinski definition) is 1. The van der Waals surface area contributed by atoms with Crippen LogP contribution in [0.3, 0.4) is 0 Å². The van der Waals surface area contributed by atoms with Crippen LogP contribution in [0.4, 0.5) is 4.79 Å². The van der Waals surface area contributed by atoms with E-state index in [9.17, 15) is 9.59 Å². The van der Waals surface area contributed by atoms with Crippen LogP contribution in [-0.4, -0.2) is 53.5 Å². The molecule has 6 nitrogen and oxygen atoms in total. The summed E-state index contributed by atoms with van der Waals surface area (Å²) in [6.45, 7) is 6.33. The predicted octanol–water partition coefficient (Wildman–Crippen LogP) is 3.01. The summed E-state index contributed by atoms with van der Waals surface area (Å²) < 4.78 is 5.56. The predicted molar refractivity (Wildman–Crippen MR) is 108 cm³/mol. The number of rotatable bonds is 7. The third-order valence-electron chi connectivity index (χ3n) is 5.72. The van der Waals surface area contributed by atoms with Crippen molar-refractivity contribution in [2.75, 3.05) is 19.6 Å². The molecular weight excluding hydrogens is 354 g/mol. The van der Waals surface area contributed by atoms with Crippen LogP contribution in [0, 0.1) is 11.8 Å². The van der Waals surface area contributed by atoms with Crippen LogP contribution in [0.5, 0.6) is 0 Å². The molecule has 2 unspecified atom stereocenters. The molecule has 2 N–H and O–H groups in total. The lowest BCUT2D eigenvalue weighted by atomic mass is 9.95. The minimum atomic E-state index is -0.450. The van der Waals surface area contributed by atoms with E-state index in [0.717, 1.165) is 37.8 Å². The quantitative estimate of drug-likeness (QED) is 0.780. The number of piperidine rings is 1. The van der Waals surface area contributed by atoms with Gasteiger partial charge in [0, 0.05) is 25.7 Å². The zero-order valence-corrected chi connectivity index (χ0v) is 17.0. The molecule has 0 spiro atoms. The van der Waals surface area contributed by atoms with Gasteiger partial charge in [0.15, 0.2) is 0 Å². The third kappa shape index (κ3) is 5.47. The number of nitrogens with zero attached hydrogens (tertiary/aromatic N) is 2. The largest absolute Gasteiger partial charge is 0.445 e. The van der Waals surface area contributed by atoms with Gasteiger partial charge in [-0.3, -0.25) is 4.79 Å². The van der Waals surface area contributed by atoms with Gasteiger partial charge in [0.2, 0.25) is 5.91 Å². The standard InChI is InChI=1S/C22H33N3O3/c1-16(2)20(23)21(26)24-12-6-9-18(13-24)14-25(19-10-11-19)22(27)28-15-17-7-4-3-5-8-17/h3-5,7-8,16,18-20H,6,9-15,23H2,1-2H3. The summed E-state index contributed by atoms with van der Waals surface area (Å²) in [5, 5.41) is 0. The highest BCUT2D eigenvalue weighted by molar-refractivity contribution is 5.82. The van der Waals surface area contributed by atoms with Gasteiger partial charge in [0.25, 0.3) is 0 Å². The molecule has 154 valence electrons. The SMILES string of the molecule is CC(C)C(N)C(=O)N1CCCC(CN(C(=O)OCc2ccccc2)C2CC2)C1. The number of ether oxygens (including phenoxy) is 1. The fourth-order valence-electron chi connectivity index (χ4n) is 3.75. The highest BCUT2D eigenvalue weighted by atomic mass is 16.6. The number of carbonyl (C=O) groups is 2. The van der Waals surface area contributed by atoms with E-state index in [1.54, 1.807) is 0 Å². The molecule has 0 bridgehead atoms. The van der Waals surface area contributed by atoms with E-state index in [1.807, 2.05) is 54.0 Å². The average molecular weight is 388 g/mol. The fourth-order valence-corrected chi connectivity index (χ4v) is 3.75. The monoisotopic (exact) mass is 387 g/mol. The molecule has 28 heavy (non-hydrogen) atoms. The number of amides is 2. The van der Waals surface area contributed by atoms with Crippen LogP contribution in [0.2, 0.25) is 0 Å². The van der Waals surface area contributed by atoms with Gasteiger partial charge in [-0.05, 0) is 43.1 Å². The Morgan fingerprint density at radius 3 is 2.57 bits per heavy atom. The second-order valence-corrected chi connectivity index (χ2v) is 8.49. The normalized spacial score (nSPS) is 20.7. The number of likely N-dealkylation sites (tertiary alicyclic amines) is 1. The zero-order valence-electron chi connectivity index (χ0n) is 17.0. The Morgan fingerprint density at radius 1 is 1.21 bits per heavy atom. The van der Waals surface area contributed by atoms with Crippen molar-refractivity contribution in [1.82, 2.24) is 9.80 Å². The second-order valence-electron chi connectivity index (χ2n) is 8.49. The average Bonchev–Trinajstić information content (AvgIpc) is 3.55. The summed E-state index contributed by atoms with van der Waals surface area (Å²) in [6, 6.07) is 9.58. The van der Waals surface area contributed by atoms with Crippen molar-refractivity contribution >= 4 is 12.0 Å². The molecular formula is C22H33N3O3. The molecule has 1 heterocycles.